The molecule has 0 bridgehead atoms. The van der Waals surface area contributed by atoms with E-state index < -0.39 is 5.91 Å². The maximum atomic E-state index is 11.7. The van der Waals surface area contributed by atoms with Gasteiger partial charge in [0.1, 0.15) is 5.65 Å². The van der Waals surface area contributed by atoms with Gasteiger partial charge in [0.05, 0.1) is 11.0 Å². The molecule has 3 aromatic heterocycles. The van der Waals surface area contributed by atoms with E-state index in [0.29, 0.717) is 18.0 Å². The van der Waals surface area contributed by atoms with Crippen LogP contribution in [-0.4, -0.2) is 38.4 Å². The van der Waals surface area contributed by atoms with Gasteiger partial charge in [-0.05, 0) is 79.4 Å². The lowest BCUT2D eigenvalue weighted by molar-refractivity contribution is 0.0954. The molecule has 0 unspecified atom stereocenters. The number of piperidine rings is 1. The lowest BCUT2D eigenvalue weighted by Gasteiger charge is -2.31. The van der Waals surface area contributed by atoms with E-state index in [1.165, 1.54) is 5.56 Å². The Morgan fingerprint density at radius 1 is 1.03 bits per heavy atom. The van der Waals surface area contributed by atoms with Crippen LogP contribution >= 0.6 is 0 Å². The number of nitrogens with zero attached hydrogens (tertiary/aromatic N) is 5. The van der Waals surface area contributed by atoms with Crippen LogP contribution in [0.1, 0.15) is 45.9 Å². The molecular formula is C26H26N6O2. The average Bonchev–Trinajstić information content (AvgIpc) is 3.27. The fourth-order valence-corrected chi connectivity index (χ4v) is 4.66. The summed E-state index contributed by atoms with van der Waals surface area (Å²) in [4.78, 5) is 33.6. The van der Waals surface area contributed by atoms with Gasteiger partial charge in [0.25, 0.3) is 5.91 Å². The minimum atomic E-state index is -0.510. The van der Waals surface area contributed by atoms with E-state index in [4.69, 9.17) is 4.98 Å². The first-order valence-corrected chi connectivity index (χ1v) is 11.5. The molecule has 5 rings (SSSR count). The van der Waals surface area contributed by atoms with Gasteiger partial charge in [-0.2, -0.15) is 0 Å². The first-order chi connectivity index (χ1) is 16.7. The van der Waals surface area contributed by atoms with Crippen molar-refractivity contribution < 1.29 is 4.79 Å². The van der Waals surface area contributed by atoms with Gasteiger partial charge in [-0.3, -0.25) is 14.7 Å². The zero-order chi connectivity index (χ0) is 23.3. The molecule has 0 radical (unpaired) electrons. The Labute approximate surface area is 197 Å². The molecule has 0 saturated carbocycles. The Morgan fingerprint density at radius 2 is 1.85 bits per heavy atom. The number of hydrogen-bond acceptors (Lipinski definition) is 6. The number of hydrogen-bond donors (Lipinski definition) is 1. The van der Waals surface area contributed by atoms with Gasteiger partial charge in [0.2, 0.25) is 0 Å². The summed E-state index contributed by atoms with van der Waals surface area (Å²) < 4.78 is 2.11. The summed E-state index contributed by atoms with van der Waals surface area (Å²) in [5.41, 5.74) is 6.73. The lowest BCUT2D eigenvalue weighted by atomic mass is 9.90. The summed E-state index contributed by atoms with van der Waals surface area (Å²) in [6.45, 7) is 3.69. The van der Waals surface area contributed by atoms with Crippen molar-refractivity contribution in [2.24, 2.45) is 5.29 Å². The molecule has 1 aliphatic heterocycles. The van der Waals surface area contributed by atoms with E-state index in [9.17, 15) is 9.70 Å². The van der Waals surface area contributed by atoms with Gasteiger partial charge < -0.3 is 4.57 Å². The SMILES string of the molecule is O=NNC(=O)c1ccc(Cn2ccc3cc(C4CCN(Cc5ccccn5)CC4)cnc32)cc1. The van der Waals surface area contributed by atoms with E-state index in [1.54, 1.807) is 12.1 Å². The Morgan fingerprint density at radius 3 is 2.59 bits per heavy atom. The van der Waals surface area contributed by atoms with Gasteiger partial charge in [0.15, 0.2) is 0 Å². The zero-order valence-electron chi connectivity index (χ0n) is 18.8. The number of fused-ring (bicyclic) bond motifs is 1. The van der Waals surface area contributed by atoms with Crippen molar-refractivity contribution in [3.8, 4) is 0 Å². The summed E-state index contributed by atoms with van der Waals surface area (Å²) in [5.74, 6) is 0.0181. The molecule has 34 heavy (non-hydrogen) atoms. The summed E-state index contributed by atoms with van der Waals surface area (Å²) in [6, 6.07) is 17.6. The molecule has 1 saturated heterocycles. The summed E-state index contributed by atoms with van der Waals surface area (Å²) >= 11 is 0. The highest BCUT2D eigenvalue weighted by atomic mass is 16.3. The first-order valence-electron chi connectivity index (χ1n) is 11.5. The van der Waals surface area contributed by atoms with Gasteiger partial charge in [-0.25, -0.2) is 10.4 Å². The van der Waals surface area contributed by atoms with Crippen LogP contribution in [-0.2, 0) is 13.1 Å². The average molecular weight is 455 g/mol. The lowest BCUT2D eigenvalue weighted by Crippen LogP contribution is -2.32. The van der Waals surface area contributed by atoms with Crippen molar-refractivity contribution >= 4 is 16.9 Å². The van der Waals surface area contributed by atoms with Crippen LogP contribution in [0.25, 0.3) is 11.0 Å². The first kappa shape index (κ1) is 21.9. The minimum absolute atomic E-state index is 0.398. The summed E-state index contributed by atoms with van der Waals surface area (Å²) in [7, 11) is 0. The molecule has 8 heteroatoms. The fourth-order valence-electron chi connectivity index (χ4n) is 4.66. The normalized spacial score (nSPS) is 14.8. The van der Waals surface area contributed by atoms with E-state index in [-0.39, 0.29) is 0 Å². The minimum Gasteiger partial charge on any atom is -0.328 e. The molecule has 1 N–H and O–H groups in total. The van der Waals surface area contributed by atoms with Crippen LogP contribution in [0, 0.1) is 4.91 Å². The summed E-state index contributed by atoms with van der Waals surface area (Å²) in [6.07, 6.45) is 8.18. The van der Waals surface area contributed by atoms with E-state index in [1.807, 2.05) is 48.3 Å². The Hall–Kier alpha value is -3.91. The molecule has 0 atom stereocenters. The van der Waals surface area contributed by atoms with Crippen LogP contribution < -0.4 is 5.43 Å². The van der Waals surface area contributed by atoms with Crippen LogP contribution in [0.5, 0.6) is 0 Å². The predicted octanol–water partition coefficient (Wildman–Crippen LogP) is 4.27. The highest BCUT2D eigenvalue weighted by Crippen LogP contribution is 2.30. The predicted molar refractivity (Wildman–Crippen MR) is 130 cm³/mol. The number of rotatable bonds is 7. The molecule has 4 aromatic rings. The molecule has 1 aliphatic rings. The highest BCUT2D eigenvalue weighted by molar-refractivity contribution is 5.93. The quantitative estimate of drug-likeness (QED) is 0.333. The third-order valence-corrected chi connectivity index (χ3v) is 6.51. The number of carbonyl (C=O) groups is 1. The molecule has 0 aliphatic carbocycles. The number of nitroso groups, excluding NO2 is 1. The van der Waals surface area contributed by atoms with Crippen molar-refractivity contribution in [1.29, 1.82) is 0 Å². The van der Waals surface area contributed by atoms with Gasteiger partial charge in [-0.15, -0.1) is 4.91 Å². The number of aromatic nitrogens is 3. The van der Waals surface area contributed by atoms with Crippen LogP contribution in [0.2, 0.25) is 0 Å². The molecular weight excluding hydrogens is 428 g/mol. The standard InChI is InChI=1S/C26H26N6O2/c33-26(29-30-34)21-6-4-19(5-7-21)17-32-14-10-22-15-23(16-28-25(22)32)20-8-12-31(13-9-20)18-24-3-1-2-11-27-24/h1-7,10-11,14-16,20H,8-9,12-13,17-18H2,(H,29,33,34). The number of carbonyl (C=O) groups excluding carboxylic acids is 1. The Kier molecular flexibility index (Phi) is 6.40. The van der Waals surface area contributed by atoms with Crippen LogP contribution in [0.3, 0.4) is 0 Å². The van der Waals surface area contributed by atoms with Gasteiger partial charge in [0, 0.05) is 42.6 Å². The molecule has 0 spiro atoms. The molecule has 1 aromatic carbocycles. The van der Waals surface area contributed by atoms with E-state index in [0.717, 1.165) is 54.8 Å². The van der Waals surface area contributed by atoms with Crippen molar-refractivity contribution in [3.63, 3.8) is 0 Å². The maximum Gasteiger partial charge on any atom is 0.273 e. The number of pyridine rings is 2. The highest BCUT2D eigenvalue weighted by Gasteiger charge is 2.21. The fraction of sp³-hybridized carbons (Fsp3) is 0.269. The van der Waals surface area contributed by atoms with Crippen molar-refractivity contribution in [1.82, 2.24) is 24.9 Å². The van der Waals surface area contributed by atoms with E-state index in [2.05, 4.69) is 37.9 Å². The molecule has 8 nitrogen and oxygen atoms in total. The third kappa shape index (κ3) is 4.87. The largest absolute Gasteiger partial charge is 0.328 e. The van der Waals surface area contributed by atoms with Gasteiger partial charge >= 0.3 is 0 Å². The summed E-state index contributed by atoms with van der Waals surface area (Å²) in [5, 5.41) is 3.56. The third-order valence-electron chi connectivity index (χ3n) is 6.51. The van der Waals surface area contributed by atoms with Gasteiger partial charge in [-0.1, -0.05) is 18.2 Å². The second kappa shape index (κ2) is 9.93. The number of nitrogens with one attached hydrogen (secondary N) is 1. The smallest absolute Gasteiger partial charge is 0.273 e. The molecule has 1 fully saturated rings. The second-order valence-electron chi connectivity index (χ2n) is 8.73. The topological polar surface area (TPSA) is 92.5 Å². The van der Waals surface area contributed by atoms with Crippen molar-refractivity contribution in [3.05, 3.63) is 100 Å². The zero-order valence-corrected chi connectivity index (χ0v) is 18.8. The van der Waals surface area contributed by atoms with Crippen molar-refractivity contribution in [2.75, 3.05) is 13.1 Å². The number of likely N-dealkylation sites (tertiary alicyclic amines) is 1. The van der Waals surface area contributed by atoms with E-state index >= 15 is 0 Å². The Bertz CT molecular complexity index is 1280. The second-order valence-corrected chi connectivity index (χ2v) is 8.73. The monoisotopic (exact) mass is 454 g/mol. The van der Waals surface area contributed by atoms with Crippen LogP contribution in [0.4, 0.5) is 0 Å². The van der Waals surface area contributed by atoms with Crippen molar-refractivity contribution in [2.45, 2.75) is 31.8 Å². The maximum absolute atomic E-state index is 11.7. The number of amides is 1. The number of benzene rings is 1. The van der Waals surface area contributed by atoms with Crippen LogP contribution in [0.15, 0.2) is 78.5 Å². The molecule has 4 heterocycles. The molecule has 1 amide bonds. The Balaban J connectivity index is 1.23. The molecule has 172 valence electrons.